The van der Waals surface area contributed by atoms with Crippen molar-refractivity contribution in [1.29, 1.82) is 0 Å². The zero-order valence-electron chi connectivity index (χ0n) is 16.1. The molecule has 1 fully saturated rings. The fraction of sp³-hybridized carbons (Fsp3) is 0.333. The van der Waals surface area contributed by atoms with E-state index in [2.05, 4.69) is 5.32 Å². The zero-order chi connectivity index (χ0) is 20.3. The van der Waals surface area contributed by atoms with Gasteiger partial charge < -0.3 is 19.7 Å². The first-order valence-electron chi connectivity index (χ1n) is 9.11. The quantitative estimate of drug-likeness (QED) is 0.791. The summed E-state index contributed by atoms with van der Waals surface area (Å²) in [5.41, 5.74) is 2.13. The van der Waals surface area contributed by atoms with Crippen molar-refractivity contribution >= 4 is 34.8 Å². The molecule has 1 unspecified atom stereocenters. The van der Waals surface area contributed by atoms with Crippen LogP contribution < -0.4 is 19.7 Å². The molecule has 0 saturated carbocycles. The molecule has 1 aliphatic rings. The van der Waals surface area contributed by atoms with E-state index in [1.807, 2.05) is 38.1 Å². The maximum Gasteiger partial charge on any atom is 0.229 e. The monoisotopic (exact) mass is 402 g/mol. The fourth-order valence-corrected chi connectivity index (χ4v) is 3.34. The number of nitrogens with zero attached hydrogens (tertiary/aromatic N) is 1. The summed E-state index contributed by atoms with van der Waals surface area (Å²) in [5, 5.41) is 3.43. The normalized spacial score (nSPS) is 16.2. The van der Waals surface area contributed by atoms with E-state index in [0.29, 0.717) is 29.6 Å². The van der Waals surface area contributed by atoms with Crippen molar-refractivity contribution in [2.24, 2.45) is 5.92 Å². The zero-order valence-corrected chi connectivity index (χ0v) is 16.9. The van der Waals surface area contributed by atoms with Crippen molar-refractivity contribution in [3.8, 4) is 11.5 Å². The van der Waals surface area contributed by atoms with Crippen LogP contribution in [0.15, 0.2) is 36.4 Å². The lowest BCUT2D eigenvalue weighted by atomic mass is 10.1. The molecule has 7 heteroatoms. The molecule has 3 rings (SSSR count). The van der Waals surface area contributed by atoms with E-state index < -0.39 is 5.92 Å². The van der Waals surface area contributed by atoms with Crippen LogP contribution in [0.25, 0.3) is 0 Å². The number of methoxy groups -OCH3 is 1. The van der Waals surface area contributed by atoms with Gasteiger partial charge in [-0.05, 0) is 49.7 Å². The van der Waals surface area contributed by atoms with Crippen LogP contribution in [0.2, 0.25) is 5.02 Å². The average molecular weight is 403 g/mol. The molecule has 0 aromatic heterocycles. The van der Waals surface area contributed by atoms with E-state index in [-0.39, 0.29) is 18.2 Å². The first-order valence-corrected chi connectivity index (χ1v) is 9.49. The molecular weight excluding hydrogens is 380 g/mol. The Morgan fingerprint density at radius 2 is 2.00 bits per heavy atom. The predicted molar refractivity (Wildman–Crippen MR) is 109 cm³/mol. The summed E-state index contributed by atoms with van der Waals surface area (Å²) in [6.07, 6.45) is 0.161. The van der Waals surface area contributed by atoms with Gasteiger partial charge in [0.1, 0.15) is 11.5 Å². The molecule has 0 aliphatic carbocycles. The van der Waals surface area contributed by atoms with Crippen molar-refractivity contribution in [2.45, 2.75) is 20.3 Å². The summed E-state index contributed by atoms with van der Waals surface area (Å²) in [6, 6.07) is 10.7. The molecule has 1 aliphatic heterocycles. The number of rotatable bonds is 6. The Morgan fingerprint density at radius 3 is 2.64 bits per heavy atom. The lowest BCUT2D eigenvalue weighted by Gasteiger charge is -2.18. The SMILES string of the molecule is CCOc1ccc(N2CC(C(=O)Nc3cc(C)c(Cl)cc3OC)CC2=O)cc1. The van der Waals surface area contributed by atoms with Gasteiger partial charge in [-0.2, -0.15) is 0 Å². The topological polar surface area (TPSA) is 67.9 Å². The van der Waals surface area contributed by atoms with Gasteiger partial charge in [0.2, 0.25) is 11.8 Å². The second kappa shape index (κ2) is 8.52. The van der Waals surface area contributed by atoms with Crippen LogP contribution in [0, 0.1) is 12.8 Å². The number of ether oxygens (including phenoxy) is 2. The van der Waals surface area contributed by atoms with Crippen molar-refractivity contribution in [3.63, 3.8) is 0 Å². The van der Waals surface area contributed by atoms with Crippen LogP contribution in [-0.2, 0) is 9.59 Å². The molecule has 2 amide bonds. The Kier molecular flexibility index (Phi) is 6.09. The third-order valence-electron chi connectivity index (χ3n) is 4.69. The second-order valence-electron chi connectivity index (χ2n) is 6.62. The van der Waals surface area contributed by atoms with Crippen molar-refractivity contribution in [1.82, 2.24) is 0 Å². The van der Waals surface area contributed by atoms with Crippen LogP contribution in [0.5, 0.6) is 11.5 Å². The molecule has 28 heavy (non-hydrogen) atoms. The second-order valence-corrected chi connectivity index (χ2v) is 7.03. The molecule has 1 N–H and O–H groups in total. The number of carbonyl (C=O) groups excluding carboxylic acids is 2. The first-order chi connectivity index (χ1) is 13.4. The van der Waals surface area contributed by atoms with E-state index in [0.717, 1.165) is 17.0 Å². The number of nitrogens with one attached hydrogen (secondary N) is 1. The number of anilines is 2. The van der Waals surface area contributed by atoms with Crippen LogP contribution in [-0.4, -0.2) is 32.1 Å². The van der Waals surface area contributed by atoms with Gasteiger partial charge in [0.05, 0.1) is 25.3 Å². The summed E-state index contributed by atoms with van der Waals surface area (Å²) < 4.78 is 10.7. The number of halogens is 1. The number of carbonyl (C=O) groups is 2. The van der Waals surface area contributed by atoms with Gasteiger partial charge in [-0.15, -0.1) is 0 Å². The lowest BCUT2D eigenvalue weighted by Crippen LogP contribution is -2.28. The number of hydrogen-bond donors (Lipinski definition) is 1. The Balaban J connectivity index is 1.71. The van der Waals surface area contributed by atoms with Gasteiger partial charge in [-0.3, -0.25) is 9.59 Å². The fourth-order valence-electron chi connectivity index (χ4n) is 3.19. The Bertz CT molecular complexity index is 883. The number of amides is 2. The molecule has 1 atom stereocenters. The third kappa shape index (κ3) is 4.22. The largest absolute Gasteiger partial charge is 0.495 e. The standard InChI is InChI=1S/C21H23ClN2O4/c1-4-28-16-7-5-15(6-8-16)24-12-14(10-20(24)25)21(26)23-18-9-13(2)17(22)11-19(18)27-3/h5-9,11,14H,4,10,12H2,1-3H3,(H,23,26). The number of benzene rings is 2. The van der Waals surface area contributed by atoms with Crippen molar-refractivity contribution < 1.29 is 19.1 Å². The number of hydrogen-bond acceptors (Lipinski definition) is 4. The van der Waals surface area contributed by atoms with E-state index in [4.69, 9.17) is 21.1 Å². The molecule has 0 bridgehead atoms. The highest BCUT2D eigenvalue weighted by molar-refractivity contribution is 6.31. The van der Waals surface area contributed by atoms with Gasteiger partial charge in [-0.25, -0.2) is 0 Å². The Hall–Kier alpha value is -2.73. The molecule has 2 aromatic carbocycles. The minimum atomic E-state index is -0.445. The van der Waals surface area contributed by atoms with Gasteiger partial charge in [-0.1, -0.05) is 11.6 Å². The van der Waals surface area contributed by atoms with E-state index >= 15 is 0 Å². The van der Waals surface area contributed by atoms with Crippen molar-refractivity contribution in [3.05, 3.63) is 47.0 Å². The molecular formula is C21H23ClN2O4. The van der Waals surface area contributed by atoms with Crippen molar-refractivity contribution in [2.75, 3.05) is 30.5 Å². The highest BCUT2D eigenvalue weighted by Crippen LogP contribution is 2.32. The maximum absolute atomic E-state index is 12.7. The molecule has 148 valence electrons. The highest BCUT2D eigenvalue weighted by atomic mass is 35.5. The van der Waals surface area contributed by atoms with Crippen LogP contribution in [0.1, 0.15) is 18.9 Å². The molecule has 1 heterocycles. The average Bonchev–Trinajstić information content (AvgIpc) is 3.07. The summed E-state index contributed by atoms with van der Waals surface area (Å²) in [5.74, 6) is 0.485. The molecule has 0 radical (unpaired) electrons. The molecule has 0 spiro atoms. The van der Waals surface area contributed by atoms with Gasteiger partial charge in [0.15, 0.2) is 0 Å². The van der Waals surface area contributed by atoms with Crippen LogP contribution in [0.4, 0.5) is 11.4 Å². The molecule has 2 aromatic rings. The summed E-state index contributed by atoms with van der Waals surface area (Å²) in [7, 11) is 1.52. The summed E-state index contributed by atoms with van der Waals surface area (Å²) in [4.78, 5) is 26.8. The smallest absolute Gasteiger partial charge is 0.229 e. The van der Waals surface area contributed by atoms with Crippen LogP contribution in [0.3, 0.4) is 0 Å². The highest BCUT2D eigenvalue weighted by Gasteiger charge is 2.35. The Labute approximate surface area is 169 Å². The minimum absolute atomic E-state index is 0.0800. The maximum atomic E-state index is 12.7. The minimum Gasteiger partial charge on any atom is -0.495 e. The number of aryl methyl sites for hydroxylation is 1. The molecule has 6 nitrogen and oxygen atoms in total. The van der Waals surface area contributed by atoms with E-state index in [1.165, 1.54) is 7.11 Å². The Morgan fingerprint density at radius 1 is 1.29 bits per heavy atom. The van der Waals surface area contributed by atoms with Gasteiger partial charge in [0.25, 0.3) is 0 Å². The first kappa shape index (κ1) is 20.0. The molecule has 1 saturated heterocycles. The van der Waals surface area contributed by atoms with E-state index in [1.54, 1.807) is 17.0 Å². The third-order valence-corrected chi connectivity index (χ3v) is 5.10. The lowest BCUT2D eigenvalue weighted by molar-refractivity contribution is -0.122. The predicted octanol–water partition coefficient (Wildman–Crippen LogP) is 4.05. The van der Waals surface area contributed by atoms with Gasteiger partial charge in [0, 0.05) is 29.7 Å². The van der Waals surface area contributed by atoms with Crippen LogP contribution >= 0.6 is 11.6 Å². The van der Waals surface area contributed by atoms with Gasteiger partial charge >= 0.3 is 0 Å². The summed E-state index contributed by atoms with van der Waals surface area (Å²) >= 11 is 6.11. The van der Waals surface area contributed by atoms with E-state index in [9.17, 15) is 9.59 Å². The summed E-state index contributed by atoms with van der Waals surface area (Å²) in [6.45, 7) is 4.67.